The number of hydrogen-bond donors (Lipinski definition) is 0. The summed E-state index contributed by atoms with van der Waals surface area (Å²) in [5.41, 5.74) is 0.981. The van der Waals surface area contributed by atoms with Crippen molar-refractivity contribution in [3.05, 3.63) is 36.2 Å². The molecule has 1 aromatic carbocycles. The summed E-state index contributed by atoms with van der Waals surface area (Å²) in [6.07, 6.45) is -1.43. The molecule has 0 N–H and O–H groups in total. The molecular weight excluding hydrogens is 486 g/mol. The summed E-state index contributed by atoms with van der Waals surface area (Å²) in [6, 6.07) is 8.53. The number of rotatable bonds is 7. The fourth-order valence-corrected chi connectivity index (χ4v) is 4.96. The van der Waals surface area contributed by atoms with E-state index in [1.807, 2.05) is 4.90 Å². The molecule has 6 rings (SSSR count). The van der Waals surface area contributed by atoms with Crippen molar-refractivity contribution in [3.8, 4) is 11.7 Å². The second kappa shape index (κ2) is 10.2. The third-order valence-electron chi connectivity index (χ3n) is 6.92. The van der Waals surface area contributed by atoms with Crippen LogP contribution in [0.15, 0.2) is 30.3 Å². The van der Waals surface area contributed by atoms with E-state index < -0.39 is 6.43 Å². The van der Waals surface area contributed by atoms with Crippen molar-refractivity contribution in [2.75, 3.05) is 57.5 Å². The molecule has 0 radical (unpaired) electrons. The van der Waals surface area contributed by atoms with Crippen molar-refractivity contribution in [1.82, 2.24) is 24.4 Å². The number of alkyl halides is 2. The van der Waals surface area contributed by atoms with Gasteiger partial charge in [0, 0.05) is 44.8 Å². The van der Waals surface area contributed by atoms with Crippen LogP contribution in [0.1, 0.15) is 25.1 Å². The van der Waals surface area contributed by atoms with Gasteiger partial charge < -0.3 is 24.0 Å². The SMILES string of the molecule is O=C([C@H]1CCCO1)N1CC(COc2cc(-n3c(C(F)F)nc4ccccc43)nc(N3CCOCC3)n2)C1. The third-order valence-corrected chi connectivity index (χ3v) is 6.92. The smallest absolute Gasteiger partial charge is 0.296 e. The number of benzene rings is 1. The highest BCUT2D eigenvalue weighted by Gasteiger charge is 2.36. The van der Waals surface area contributed by atoms with E-state index >= 15 is 0 Å². The summed E-state index contributed by atoms with van der Waals surface area (Å²) in [4.78, 5) is 29.6. The predicted molar refractivity (Wildman–Crippen MR) is 129 cm³/mol. The minimum atomic E-state index is -2.79. The maximum absolute atomic E-state index is 14.0. The molecule has 1 atom stereocenters. The maximum Gasteiger partial charge on any atom is 0.296 e. The molecule has 10 nitrogen and oxygen atoms in total. The summed E-state index contributed by atoms with van der Waals surface area (Å²) in [7, 11) is 0. The molecule has 3 saturated heterocycles. The van der Waals surface area contributed by atoms with Gasteiger partial charge >= 0.3 is 0 Å². The Labute approximate surface area is 212 Å². The lowest BCUT2D eigenvalue weighted by Gasteiger charge is -2.40. The number of halogens is 2. The normalized spacial score (nSPS) is 20.6. The van der Waals surface area contributed by atoms with E-state index in [1.54, 1.807) is 35.2 Å². The standard InChI is InChI=1S/C25H28F2N6O4/c26-22(27)23-28-17-4-1-2-5-18(17)33(23)20-12-21(30-25(29-20)31-7-10-35-11-8-31)37-15-16-13-32(14-16)24(34)19-6-3-9-36-19/h1-2,4-5,12,16,19,22H,3,6-11,13-15H2/t19-/m1/s1. The van der Waals surface area contributed by atoms with Crippen LogP contribution in [0.3, 0.4) is 0 Å². The van der Waals surface area contributed by atoms with E-state index in [1.165, 1.54) is 4.57 Å². The highest BCUT2D eigenvalue weighted by Crippen LogP contribution is 2.30. The van der Waals surface area contributed by atoms with Crippen LogP contribution in [0, 0.1) is 5.92 Å². The molecule has 2 aromatic heterocycles. The molecule has 0 aliphatic carbocycles. The van der Waals surface area contributed by atoms with E-state index in [2.05, 4.69) is 15.0 Å². The Morgan fingerprint density at radius 3 is 2.68 bits per heavy atom. The van der Waals surface area contributed by atoms with Crippen LogP contribution < -0.4 is 9.64 Å². The first-order valence-corrected chi connectivity index (χ1v) is 12.6. The van der Waals surface area contributed by atoms with Gasteiger partial charge in [-0.15, -0.1) is 0 Å². The Morgan fingerprint density at radius 1 is 1.11 bits per heavy atom. The number of ether oxygens (including phenoxy) is 3. The van der Waals surface area contributed by atoms with E-state index in [4.69, 9.17) is 14.2 Å². The molecule has 0 saturated carbocycles. The van der Waals surface area contributed by atoms with E-state index in [9.17, 15) is 13.6 Å². The molecule has 0 bridgehead atoms. The van der Waals surface area contributed by atoms with Crippen molar-refractivity contribution < 1.29 is 27.8 Å². The average Bonchev–Trinajstić information content (AvgIpc) is 3.57. The molecule has 3 aromatic rings. The van der Waals surface area contributed by atoms with Gasteiger partial charge in [-0.05, 0) is 25.0 Å². The second-order valence-electron chi connectivity index (χ2n) is 9.48. The molecule has 3 aliphatic rings. The Morgan fingerprint density at radius 2 is 1.92 bits per heavy atom. The quantitative estimate of drug-likeness (QED) is 0.475. The first kappa shape index (κ1) is 24.0. The fraction of sp³-hybridized carbons (Fsp3) is 0.520. The molecule has 0 spiro atoms. The fourth-order valence-electron chi connectivity index (χ4n) is 4.96. The van der Waals surface area contributed by atoms with Crippen LogP contribution >= 0.6 is 0 Å². The highest BCUT2D eigenvalue weighted by molar-refractivity contribution is 5.82. The van der Waals surface area contributed by atoms with Gasteiger partial charge in [-0.25, -0.2) is 13.8 Å². The average molecular weight is 515 g/mol. The van der Waals surface area contributed by atoms with Crippen LogP contribution in [0.4, 0.5) is 14.7 Å². The van der Waals surface area contributed by atoms with Crippen molar-refractivity contribution in [2.45, 2.75) is 25.4 Å². The summed E-state index contributed by atoms with van der Waals surface area (Å²) in [6.45, 7) is 4.38. The topological polar surface area (TPSA) is 94.8 Å². The summed E-state index contributed by atoms with van der Waals surface area (Å²) >= 11 is 0. The van der Waals surface area contributed by atoms with Gasteiger partial charge in [-0.3, -0.25) is 9.36 Å². The zero-order valence-corrected chi connectivity index (χ0v) is 20.3. The van der Waals surface area contributed by atoms with E-state index in [0.717, 1.165) is 12.8 Å². The third kappa shape index (κ3) is 4.82. The Bertz CT molecular complexity index is 1270. The lowest BCUT2D eigenvalue weighted by atomic mass is 10.00. The highest BCUT2D eigenvalue weighted by atomic mass is 19.3. The van der Waals surface area contributed by atoms with Crippen LogP contribution in [-0.2, 0) is 14.3 Å². The summed E-state index contributed by atoms with van der Waals surface area (Å²) in [5.74, 6) is 0.742. The number of para-hydroxylation sites is 2. The number of carbonyl (C=O) groups is 1. The summed E-state index contributed by atoms with van der Waals surface area (Å²) in [5, 5.41) is 0. The van der Waals surface area contributed by atoms with Crippen LogP contribution in [-0.4, -0.2) is 89.0 Å². The Balaban J connectivity index is 1.25. The number of anilines is 1. The predicted octanol–water partition coefficient (Wildman–Crippen LogP) is 2.61. The molecule has 0 unspecified atom stereocenters. The van der Waals surface area contributed by atoms with Crippen LogP contribution in [0.5, 0.6) is 5.88 Å². The molecule has 196 valence electrons. The lowest BCUT2D eigenvalue weighted by molar-refractivity contribution is -0.148. The molecule has 1 amide bonds. The molecule has 5 heterocycles. The van der Waals surface area contributed by atoms with Gasteiger partial charge in [0.15, 0.2) is 5.82 Å². The molecule has 3 aliphatic heterocycles. The number of imidazole rings is 1. The van der Waals surface area contributed by atoms with Gasteiger partial charge in [0.25, 0.3) is 12.3 Å². The minimum Gasteiger partial charge on any atom is -0.477 e. The molecule has 3 fully saturated rings. The number of fused-ring (bicyclic) bond motifs is 1. The van der Waals surface area contributed by atoms with Gasteiger partial charge in [-0.2, -0.15) is 9.97 Å². The van der Waals surface area contributed by atoms with Crippen molar-refractivity contribution >= 4 is 22.9 Å². The molecule has 12 heteroatoms. The largest absolute Gasteiger partial charge is 0.477 e. The zero-order valence-electron chi connectivity index (χ0n) is 20.3. The maximum atomic E-state index is 14.0. The van der Waals surface area contributed by atoms with Gasteiger partial charge in [0.05, 0.1) is 30.9 Å². The van der Waals surface area contributed by atoms with Gasteiger partial charge in [0.1, 0.15) is 11.9 Å². The van der Waals surface area contributed by atoms with E-state index in [0.29, 0.717) is 69.6 Å². The lowest BCUT2D eigenvalue weighted by Crippen LogP contribution is -2.55. The number of morpholine rings is 1. The van der Waals surface area contributed by atoms with Crippen molar-refractivity contribution in [3.63, 3.8) is 0 Å². The van der Waals surface area contributed by atoms with Crippen molar-refractivity contribution in [1.29, 1.82) is 0 Å². The minimum absolute atomic E-state index is 0.0409. The number of carbonyl (C=O) groups excluding carboxylic acids is 1. The van der Waals surface area contributed by atoms with Gasteiger partial charge in [0.2, 0.25) is 11.8 Å². The van der Waals surface area contributed by atoms with Crippen molar-refractivity contribution in [2.24, 2.45) is 5.92 Å². The number of likely N-dealkylation sites (tertiary alicyclic amines) is 1. The molecular formula is C25H28F2N6O4. The van der Waals surface area contributed by atoms with E-state index in [-0.39, 0.29) is 35.5 Å². The number of amides is 1. The zero-order chi connectivity index (χ0) is 25.4. The molecule has 37 heavy (non-hydrogen) atoms. The van der Waals surface area contributed by atoms with Gasteiger partial charge in [-0.1, -0.05) is 12.1 Å². The first-order valence-electron chi connectivity index (χ1n) is 12.6. The van der Waals surface area contributed by atoms with Crippen LogP contribution in [0.25, 0.3) is 16.9 Å². The number of hydrogen-bond acceptors (Lipinski definition) is 8. The Kier molecular flexibility index (Phi) is 6.59. The Hall–Kier alpha value is -3.38. The number of aromatic nitrogens is 4. The first-order chi connectivity index (χ1) is 18.1. The van der Waals surface area contributed by atoms with Crippen LogP contribution in [0.2, 0.25) is 0 Å². The monoisotopic (exact) mass is 514 g/mol. The number of nitrogens with zero attached hydrogens (tertiary/aromatic N) is 6. The summed E-state index contributed by atoms with van der Waals surface area (Å²) < 4.78 is 46.4. The second-order valence-corrected chi connectivity index (χ2v) is 9.48.